The van der Waals surface area contributed by atoms with Gasteiger partial charge in [-0.2, -0.15) is 10.2 Å². The van der Waals surface area contributed by atoms with E-state index >= 15 is 0 Å². The molecule has 22 heavy (non-hydrogen) atoms. The van der Waals surface area contributed by atoms with Gasteiger partial charge in [0.1, 0.15) is 0 Å². The second kappa shape index (κ2) is 10.4. The summed E-state index contributed by atoms with van der Waals surface area (Å²) in [5.74, 6) is 1.61. The van der Waals surface area contributed by atoms with Gasteiger partial charge in [-0.1, -0.05) is 48.5 Å². The lowest BCUT2D eigenvalue weighted by molar-refractivity contribution is 0.301. The second-order valence-electron chi connectivity index (χ2n) is 6.81. The number of halogens is 1. The lowest BCUT2D eigenvalue weighted by Crippen LogP contribution is -2.15. The summed E-state index contributed by atoms with van der Waals surface area (Å²) in [7, 11) is 0. The zero-order valence-electron chi connectivity index (χ0n) is 14.1. The molecular weight excluding hydrogens is 336 g/mol. The smallest absolute Gasteiger partial charge is 0.0662 e. The molecule has 0 N–H and O–H groups in total. The zero-order valence-corrected chi connectivity index (χ0v) is 15.7. The zero-order chi connectivity index (χ0) is 15.6. The largest absolute Gasteiger partial charge is 0.155 e. The molecule has 0 aromatic carbocycles. The molecule has 1 aromatic heterocycles. The summed E-state index contributed by atoms with van der Waals surface area (Å²) < 4.78 is 0. The van der Waals surface area contributed by atoms with Gasteiger partial charge in [-0.3, -0.25) is 0 Å². The molecule has 0 radical (unpaired) electrons. The van der Waals surface area contributed by atoms with Crippen LogP contribution in [-0.4, -0.2) is 15.5 Å². The normalized spacial score (nSPS) is 21.9. The van der Waals surface area contributed by atoms with Crippen molar-refractivity contribution >= 4 is 15.9 Å². The molecule has 3 heteroatoms. The summed E-state index contributed by atoms with van der Waals surface area (Å²) in [5.41, 5.74) is 2.40. The van der Waals surface area contributed by atoms with E-state index in [0.717, 1.165) is 17.7 Å². The fraction of sp³-hybridized carbons (Fsp3) is 0.789. The predicted octanol–water partition coefficient (Wildman–Crippen LogP) is 6.05. The summed E-state index contributed by atoms with van der Waals surface area (Å²) in [6.07, 6.45) is 14.4. The van der Waals surface area contributed by atoms with Crippen molar-refractivity contribution in [2.24, 2.45) is 5.92 Å². The average Bonchev–Trinajstić information content (AvgIpc) is 2.57. The quantitative estimate of drug-likeness (QED) is 0.392. The molecule has 124 valence electrons. The van der Waals surface area contributed by atoms with E-state index in [1.54, 1.807) is 0 Å². The van der Waals surface area contributed by atoms with Crippen molar-refractivity contribution in [1.82, 2.24) is 10.2 Å². The predicted molar refractivity (Wildman–Crippen MR) is 97.6 cm³/mol. The molecule has 1 heterocycles. The fourth-order valence-corrected chi connectivity index (χ4v) is 3.95. The van der Waals surface area contributed by atoms with Crippen LogP contribution in [0.25, 0.3) is 0 Å². The molecule has 0 amide bonds. The van der Waals surface area contributed by atoms with E-state index in [2.05, 4.69) is 45.2 Å². The van der Waals surface area contributed by atoms with Crippen molar-refractivity contribution in [3.63, 3.8) is 0 Å². The molecule has 0 saturated heterocycles. The monoisotopic (exact) mass is 366 g/mol. The highest BCUT2D eigenvalue weighted by Crippen LogP contribution is 2.36. The van der Waals surface area contributed by atoms with Crippen molar-refractivity contribution in [2.45, 2.75) is 83.5 Å². The Hall–Kier alpha value is -0.440. The number of unbranched alkanes of at least 4 members (excludes halogenated alkanes) is 3. The molecule has 0 atom stereocenters. The topological polar surface area (TPSA) is 25.8 Å². The number of hydrogen-bond acceptors (Lipinski definition) is 2. The van der Waals surface area contributed by atoms with Gasteiger partial charge in [-0.25, -0.2) is 0 Å². The molecule has 1 fully saturated rings. The number of nitrogens with zero attached hydrogens (tertiary/aromatic N) is 2. The van der Waals surface area contributed by atoms with Crippen LogP contribution in [0.4, 0.5) is 0 Å². The molecule has 2 rings (SSSR count). The van der Waals surface area contributed by atoms with Crippen LogP contribution >= 0.6 is 15.9 Å². The van der Waals surface area contributed by atoms with Gasteiger partial charge in [0.15, 0.2) is 0 Å². The van der Waals surface area contributed by atoms with Crippen LogP contribution in [0.1, 0.15) is 88.4 Å². The number of aryl methyl sites for hydroxylation is 1. The lowest BCUT2D eigenvalue weighted by atomic mass is 9.78. The Morgan fingerprint density at radius 3 is 2.45 bits per heavy atom. The summed E-state index contributed by atoms with van der Waals surface area (Å²) in [6, 6.07) is 4.45. The van der Waals surface area contributed by atoms with Gasteiger partial charge in [0.05, 0.1) is 11.4 Å². The third-order valence-electron chi connectivity index (χ3n) is 5.04. The van der Waals surface area contributed by atoms with Crippen molar-refractivity contribution in [3.05, 3.63) is 23.5 Å². The number of rotatable bonds is 9. The van der Waals surface area contributed by atoms with Gasteiger partial charge >= 0.3 is 0 Å². The minimum absolute atomic E-state index is 0.657. The van der Waals surface area contributed by atoms with Crippen molar-refractivity contribution in [1.29, 1.82) is 0 Å². The highest BCUT2D eigenvalue weighted by molar-refractivity contribution is 9.09. The Morgan fingerprint density at radius 1 is 1.00 bits per heavy atom. The Balaban J connectivity index is 1.74. The maximum Gasteiger partial charge on any atom is 0.0662 e. The van der Waals surface area contributed by atoms with Crippen LogP contribution in [0.3, 0.4) is 0 Å². The SMILES string of the molecule is CCCCCc1ccc(C2CCC(CCCCBr)CC2)nn1. The van der Waals surface area contributed by atoms with E-state index in [4.69, 9.17) is 0 Å². The van der Waals surface area contributed by atoms with Crippen molar-refractivity contribution in [3.8, 4) is 0 Å². The van der Waals surface area contributed by atoms with Crippen LogP contribution < -0.4 is 0 Å². The molecule has 1 aromatic rings. The van der Waals surface area contributed by atoms with Gasteiger partial charge in [0, 0.05) is 11.2 Å². The van der Waals surface area contributed by atoms with Crippen LogP contribution in [-0.2, 0) is 6.42 Å². The number of hydrogen-bond donors (Lipinski definition) is 0. The Labute approximate surface area is 144 Å². The Morgan fingerprint density at radius 2 is 1.82 bits per heavy atom. The molecule has 1 aliphatic rings. The highest BCUT2D eigenvalue weighted by atomic mass is 79.9. The molecular formula is C19H31BrN2. The molecule has 0 bridgehead atoms. The van der Waals surface area contributed by atoms with Crippen molar-refractivity contribution in [2.75, 3.05) is 5.33 Å². The van der Waals surface area contributed by atoms with Crippen LogP contribution in [0, 0.1) is 5.92 Å². The maximum atomic E-state index is 4.53. The minimum Gasteiger partial charge on any atom is -0.155 e. The number of aromatic nitrogens is 2. The molecule has 2 nitrogen and oxygen atoms in total. The average molecular weight is 367 g/mol. The standard InChI is InChI=1S/C19H31BrN2/c1-2-3-4-8-18-13-14-19(22-21-18)17-11-9-16(10-12-17)7-5-6-15-20/h13-14,16-17H,2-12,15H2,1H3. The molecule has 0 unspecified atom stereocenters. The van der Waals surface area contributed by atoms with E-state index in [9.17, 15) is 0 Å². The van der Waals surface area contributed by atoms with Crippen LogP contribution in [0.5, 0.6) is 0 Å². The minimum atomic E-state index is 0.657. The van der Waals surface area contributed by atoms with E-state index < -0.39 is 0 Å². The summed E-state index contributed by atoms with van der Waals surface area (Å²) >= 11 is 3.52. The van der Waals surface area contributed by atoms with Crippen LogP contribution in [0.2, 0.25) is 0 Å². The third kappa shape index (κ3) is 5.98. The molecule has 1 saturated carbocycles. The van der Waals surface area contributed by atoms with Gasteiger partial charge in [0.25, 0.3) is 0 Å². The van der Waals surface area contributed by atoms with Gasteiger partial charge in [-0.05, 0) is 63.0 Å². The van der Waals surface area contributed by atoms with Crippen LogP contribution in [0.15, 0.2) is 12.1 Å². The molecule has 0 spiro atoms. The number of alkyl halides is 1. The van der Waals surface area contributed by atoms with Gasteiger partial charge < -0.3 is 0 Å². The van der Waals surface area contributed by atoms with E-state index in [-0.39, 0.29) is 0 Å². The van der Waals surface area contributed by atoms with Gasteiger partial charge in [-0.15, -0.1) is 0 Å². The molecule has 0 aliphatic heterocycles. The first-order valence-electron chi connectivity index (χ1n) is 9.22. The third-order valence-corrected chi connectivity index (χ3v) is 5.60. The van der Waals surface area contributed by atoms with Crippen molar-refractivity contribution < 1.29 is 0 Å². The lowest BCUT2D eigenvalue weighted by Gasteiger charge is -2.28. The maximum absolute atomic E-state index is 4.53. The van der Waals surface area contributed by atoms with E-state index in [1.165, 1.54) is 75.6 Å². The first kappa shape index (κ1) is 17.9. The van der Waals surface area contributed by atoms with E-state index in [0.29, 0.717) is 5.92 Å². The fourth-order valence-electron chi connectivity index (χ4n) is 3.55. The Bertz CT molecular complexity index is 396. The first-order chi connectivity index (χ1) is 10.8. The van der Waals surface area contributed by atoms with E-state index in [1.807, 2.05) is 0 Å². The summed E-state index contributed by atoms with van der Waals surface area (Å²) in [4.78, 5) is 0. The highest BCUT2D eigenvalue weighted by Gasteiger charge is 2.23. The summed E-state index contributed by atoms with van der Waals surface area (Å²) in [6.45, 7) is 2.24. The second-order valence-corrected chi connectivity index (χ2v) is 7.60. The Kier molecular flexibility index (Phi) is 8.43. The molecule has 1 aliphatic carbocycles. The first-order valence-corrected chi connectivity index (χ1v) is 10.3. The summed E-state index contributed by atoms with van der Waals surface area (Å²) in [5, 5.41) is 10.1. The van der Waals surface area contributed by atoms with Gasteiger partial charge in [0.2, 0.25) is 0 Å².